The van der Waals surface area contributed by atoms with Crippen LogP contribution >= 0.6 is 0 Å². The predicted molar refractivity (Wildman–Crippen MR) is 83.2 cm³/mol. The molecule has 0 saturated carbocycles. The maximum absolute atomic E-state index is 12.2. The van der Waals surface area contributed by atoms with Crippen molar-refractivity contribution in [3.05, 3.63) is 48.0 Å². The summed E-state index contributed by atoms with van der Waals surface area (Å²) in [6.07, 6.45) is 0. The largest absolute Gasteiger partial charge is 0.340 e. The van der Waals surface area contributed by atoms with Crippen molar-refractivity contribution in [3.8, 4) is 0 Å². The number of carbonyl (C=O) groups is 1. The Morgan fingerprint density at radius 3 is 2.45 bits per heavy atom. The third kappa shape index (κ3) is 3.17. The maximum atomic E-state index is 12.2. The molecule has 0 aromatic heterocycles. The Morgan fingerprint density at radius 1 is 1.15 bits per heavy atom. The quantitative estimate of drug-likeness (QED) is 0.928. The van der Waals surface area contributed by atoms with Crippen molar-refractivity contribution in [1.82, 2.24) is 4.90 Å². The highest BCUT2D eigenvalue weighted by Crippen LogP contribution is 2.17. The lowest BCUT2D eigenvalue weighted by molar-refractivity contribution is -0.132. The number of rotatable bonds is 4. The summed E-state index contributed by atoms with van der Waals surface area (Å²) in [6.45, 7) is 4.52. The molecule has 2 rings (SSSR count). The number of carbonyl (C=O) groups excluding carboxylic acids is 1. The second kappa shape index (κ2) is 6.06. The van der Waals surface area contributed by atoms with Crippen LogP contribution in [0.1, 0.15) is 19.4 Å². The minimum absolute atomic E-state index is 0.00633. The van der Waals surface area contributed by atoms with Crippen LogP contribution in [0, 0.1) is 5.92 Å². The van der Waals surface area contributed by atoms with Crippen LogP contribution in [0.25, 0.3) is 10.8 Å². The Morgan fingerprint density at radius 2 is 1.80 bits per heavy atom. The molecule has 0 radical (unpaired) electrons. The second-order valence-corrected chi connectivity index (χ2v) is 5.65. The summed E-state index contributed by atoms with van der Waals surface area (Å²) in [7, 11) is 1.81. The fraction of sp³-hybridized carbons (Fsp3) is 0.353. The third-order valence-electron chi connectivity index (χ3n) is 3.61. The van der Waals surface area contributed by atoms with Crippen LogP contribution in [-0.4, -0.2) is 23.9 Å². The first-order chi connectivity index (χ1) is 9.49. The lowest BCUT2D eigenvalue weighted by Gasteiger charge is -2.23. The van der Waals surface area contributed by atoms with Crippen LogP contribution in [0.3, 0.4) is 0 Å². The van der Waals surface area contributed by atoms with Gasteiger partial charge in [0, 0.05) is 13.6 Å². The molecule has 0 aliphatic carbocycles. The van der Waals surface area contributed by atoms with E-state index in [9.17, 15) is 4.79 Å². The highest BCUT2D eigenvalue weighted by atomic mass is 16.2. The van der Waals surface area contributed by atoms with Gasteiger partial charge in [-0.25, -0.2) is 0 Å². The number of fused-ring (bicyclic) bond motifs is 1. The normalized spacial score (nSPS) is 12.7. The standard InChI is InChI=1S/C17H22N2O/c1-12(2)16(18)17(20)19(3)11-13-8-9-14-6-4-5-7-15(14)10-13/h4-10,12,16H,11,18H2,1-3H3. The van der Waals surface area contributed by atoms with Gasteiger partial charge in [-0.15, -0.1) is 0 Å². The van der Waals surface area contributed by atoms with Crippen molar-refractivity contribution in [2.75, 3.05) is 7.05 Å². The topological polar surface area (TPSA) is 46.3 Å². The lowest BCUT2D eigenvalue weighted by Crippen LogP contribution is -2.44. The van der Waals surface area contributed by atoms with E-state index >= 15 is 0 Å². The fourth-order valence-electron chi connectivity index (χ4n) is 2.23. The van der Waals surface area contributed by atoms with E-state index in [0.717, 1.165) is 5.56 Å². The van der Waals surface area contributed by atoms with E-state index < -0.39 is 6.04 Å². The van der Waals surface area contributed by atoms with Crippen molar-refractivity contribution in [2.45, 2.75) is 26.4 Å². The zero-order valence-corrected chi connectivity index (χ0v) is 12.3. The molecule has 0 bridgehead atoms. The number of benzene rings is 2. The molecule has 0 aliphatic heterocycles. The fourth-order valence-corrected chi connectivity index (χ4v) is 2.23. The predicted octanol–water partition coefficient (Wildman–Crippen LogP) is 2.78. The monoisotopic (exact) mass is 270 g/mol. The smallest absolute Gasteiger partial charge is 0.239 e. The highest BCUT2D eigenvalue weighted by Gasteiger charge is 2.20. The molecule has 2 aromatic carbocycles. The number of amides is 1. The van der Waals surface area contributed by atoms with Crippen molar-refractivity contribution in [3.63, 3.8) is 0 Å². The molecule has 3 nitrogen and oxygen atoms in total. The van der Waals surface area contributed by atoms with Gasteiger partial charge in [0.1, 0.15) is 0 Å². The van der Waals surface area contributed by atoms with Gasteiger partial charge in [0.25, 0.3) is 0 Å². The summed E-state index contributed by atoms with van der Waals surface area (Å²) in [4.78, 5) is 13.9. The molecule has 0 fully saturated rings. The molecule has 1 amide bonds. The number of hydrogen-bond acceptors (Lipinski definition) is 2. The van der Waals surface area contributed by atoms with E-state index in [4.69, 9.17) is 5.73 Å². The van der Waals surface area contributed by atoms with Crippen molar-refractivity contribution in [2.24, 2.45) is 11.7 Å². The Hall–Kier alpha value is -1.87. The van der Waals surface area contributed by atoms with Gasteiger partial charge < -0.3 is 10.6 Å². The third-order valence-corrected chi connectivity index (χ3v) is 3.61. The summed E-state index contributed by atoms with van der Waals surface area (Å²) < 4.78 is 0. The van der Waals surface area contributed by atoms with Gasteiger partial charge in [0.2, 0.25) is 5.91 Å². The molecule has 0 heterocycles. The highest BCUT2D eigenvalue weighted by molar-refractivity contribution is 5.84. The van der Waals surface area contributed by atoms with Gasteiger partial charge in [0.05, 0.1) is 6.04 Å². The summed E-state index contributed by atoms with van der Waals surface area (Å²) in [5.74, 6) is 0.148. The molecule has 0 saturated heterocycles. The Bertz CT molecular complexity index is 607. The number of likely N-dealkylation sites (N-methyl/N-ethyl adjacent to an activating group) is 1. The van der Waals surface area contributed by atoms with Crippen LogP contribution < -0.4 is 5.73 Å². The zero-order chi connectivity index (χ0) is 14.7. The van der Waals surface area contributed by atoms with E-state index in [1.165, 1.54) is 10.8 Å². The number of hydrogen-bond donors (Lipinski definition) is 1. The van der Waals surface area contributed by atoms with Gasteiger partial charge >= 0.3 is 0 Å². The average Bonchev–Trinajstić information content (AvgIpc) is 2.45. The first-order valence-corrected chi connectivity index (χ1v) is 6.97. The van der Waals surface area contributed by atoms with E-state index in [0.29, 0.717) is 6.54 Å². The maximum Gasteiger partial charge on any atom is 0.239 e. The molecule has 1 atom stereocenters. The van der Waals surface area contributed by atoms with E-state index in [1.54, 1.807) is 11.9 Å². The number of nitrogens with two attached hydrogens (primary N) is 1. The molecule has 3 heteroatoms. The van der Waals surface area contributed by atoms with Crippen LogP contribution in [0.5, 0.6) is 0 Å². The van der Waals surface area contributed by atoms with Gasteiger partial charge in [0.15, 0.2) is 0 Å². The van der Waals surface area contributed by atoms with E-state index in [1.807, 2.05) is 26.0 Å². The zero-order valence-electron chi connectivity index (χ0n) is 12.3. The van der Waals surface area contributed by atoms with Gasteiger partial charge in [-0.3, -0.25) is 4.79 Å². The Kier molecular flexibility index (Phi) is 4.40. The van der Waals surface area contributed by atoms with Crippen molar-refractivity contribution < 1.29 is 4.79 Å². The summed E-state index contributed by atoms with van der Waals surface area (Å²) in [6, 6.07) is 14.1. The molecule has 20 heavy (non-hydrogen) atoms. The Labute approximate surface area is 120 Å². The van der Waals surface area contributed by atoms with Crippen LogP contribution in [0.2, 0.25) is 0 Å². The molecule has 0 aliphatic rings. The Balaban J connectivity index is 2.13. The van der Waals surface area contributed by atoms with E-state index in [-0.39, 0.29) is 11.8 Å². The van der Waals surface area contributed by atoms with E-state index in [2.05, 4.69) is 30.3 Å². The molecular formula is C17H22N2O. The number of nitrogens with zero attached hydrogens (tertiary/aromatic N) is 1. The average molecular weight is 270 g/mol. The van der Waals surface area contributed by atoms with Crippen molar-refractivity contribution >= 4 is 16.7 Å². The lowest BCUT2D eigenvalue weighted by atomic mass is 10.0. The van der Waals surface area contributed by atoms with Crippen LogP contribution in [-0.2, 0) is 11.3 Å². The van der Waals surface area contributed by atoms with Gasteiger partial charge in [-0.1, -0.05) is 50.2 Å². The summed E-state index contributed by atoms with van der Waals surface area (Å²) >= 11 is 0. The van der Waals surface area contributed by atoms with Gasteiger partial charge in [-0.05, 0) is 28.3 Å². The van der Waals surface area contributed by atoms with Gasteiger partial charge in [-0.2, -0.15) is 0 Å². The first-order valence-electron chi connectivity index (χ1n) is 6.97. The van der Waals surface area contributed by atoms with Crippen LogP contribution in [0.4, 0.5) is 0 Å². The second-order valence-electron chi connectivity index (χ2n) is 5.65. The first kappa shape index (κ1) is 14.5. The molecule has 2 N–H and O–H groups in total. The molecule has 2 aromatic rings. The summed E-state index contributed by atoms with van der Waals surface area (Å²) in [5, 5.41) is 2.41. The molecule has 0 spiro atoms. The van der Waals surface area contributed by atoms with Crippen LogP contribution in [0.15, 0.2) is 42.5 Å². The van der Waals surface area contributed by atoms with Crippen molar-refractivity contribution in [1.29, 1.82) is 0 Å². The minimum Gasteiger partial charge on any atom is -0.340 e. The minimum atomic E-state index is -0.430. The molecular weight excluding hydrogens is 248 g/mol. The summed E-state index contributed by atoms with van der Waals surface area (Å²) in [5.41, 5.74) is 7.03. The SMILES string of the molecule is CC(C)C(N)C(=O)N(C)Cc1ccc2ccccc2c1. The molecule has 1 unspecified atom stereocenters. The molecule has 106 valence electrons.